The van der Waals surface area contributed by atoms with E-state index in [2.05, 4.69) is 33.9 Å². The lowest BCUT2D eigenvalue weighted by molar-refractivity contribution is -0.116. The second-order valence-electron chi connectivity index (χ2n) is 7.55. The summed E-state index contributed by atoms with van der Waals surface area (Å²) in [6.07, 6.45) is 1.71. The van der Waals surface area contributed by atoms with Crippen LogP contribution in [0.3, 0.4) is 0 Å². The van der Waals surface area contributed by atoms with Crippen LogP contribution in [0.4, 0.5) is 10.1 Å². The van der Waals surface area contributed by atoms with Crippen molar-refractivity contribution in [2.45, 2.75) is 50.1 Å². The summed E-state index contributed by atoms with van der Waals surface area (Å²) >= 11 is 1.37. The summed E-state index contributed by atoms with van der Waals surface area (Å²) in [4.78, 5) is 13.3. The molecule has 0 bridgehead atoms. The molecule has 3 aromatic rings. The molecule has 2 N–H and O–H groups in total. The highest BCUT2D eigenvalue weighted by atomic mass is 32.2. The van der Waals surface area contributed by atoms with Gasteiger partial charge in [0.1, 0.15) is 11.1 Å². The fraction of sp³-hybridized carbons (Fsp3) is 0.318. The lowest BCUT2D eigenvalue weighted by atomic mass is 10.0. The molecule has 156 valence electrons. The van der Waals surface area contributed by atoms with Crippen LogP contribution in [-0.4, -0.2) is 26.0 Å². The predicted molar refractivity (Wildman–Crippen MR) is 117 cm³/mol. The zero-order valence-electron chi connectivity index (χ0n) is 17.1. The summed E-state index contributed by atoms with van der Waals surface area (Å²) in [6, 6.07) is 11.8. The van der Waals surface area contributed by atoms with Gasteiger partial charge in [-0.25, -0.2) is 9.07 Å². The van der Waals surface area contributed by atoms with E-state index in [1.807, 2.05) is 30.7 Å². The zero-order chi connectivity index (χ0) is 21.3. The maximum atomic E-state index is 13.5. The molecule has 0 spiro atoms. The van der Waals surface area contributed by atoms with Crippen LogP contribution in [0.1, 0.15) is 41.9 Å². The van der Waals surface area contributed by atoms with Crippen LogP contribution < -0.4 is 10.7 Å². The molecular weight excluding hydrogens is 401 g/mol. The van der Waals surface area contributed by atoms with Crippen molar-refractivity contribution < 1.29 is 9.18 Å². The average Bonchev–Trinajstić information content (AvgIpc) is 3.09. The second kappa shape index (κ2) is 8.47. The molecule has 0 saturated heterocycles. The fourth-order valence-electron chi connectivity index (χ4n) is 3.66. The first-order valence-corrected chi connectivity index (χ1v) is 10.8. The van der Waals surface area contributed by atoms with Crippen LogP contribution >= 0.6 is 11.8 Å². The summed E-state index contributed by atoms with van der Waals surface area (Å²) in [5.41, 5.74) is 7.14. The van der Waals surface area contributed by atoms with Crippen LogP contribution in [0.25, 0.3) is 0 Å². The largest absolute Gasteiger partial charge is 0.325 e. The van der Waals surface area contributed by atoms with Gasteiger partial charge in [0, 0.05) is 12.1 Å². The van der Waals surface area contributed by atoms with Crippen molar-refractivity contribution in [3.63, 3.8) is 0 Å². The molecule has 4 rings (SSSR count). The van der Waals surface area contributed by atoms with Gasteiger partial charge < -0.3 is 10.7 Å². The number of benzene rings is 2. The molecular formula is C22H24FN5OS. The molecule has 2 atom stereocenters. The molecule has 6 nitrogen and oxygen atoms in total. The molecule has 0 aliphatic carbocycles. The van der Waals surface area contributed by atoms with Gasteiger partial charge in [0.15, 0.2) is 5.82 Å². The fourth-order valence-corrected chi connectivity index (χ4v) is 4.76. The maximum absolute atomic E-state index is 13.5. The third-order valence-electron chi connectivity index (χ3n) is 4.95. The van der Waals surface area contributed by atoms with Crippen molar-refractivity contribution >= 4 is 23.4 Å². The number of thioether (sulfide) groups is 1. The smallest absolute Gasteiger partial charge is 0.240 e. The summed E-state index contributed by atoms with van der Waals surface area (Å²) in [6.45, 7) is 6.08. The number of aromatic nitrogens is 3. The van der Waals surface area contributed by atoms with Gasteiger partial charge in [-0.3, -0.25) is 4.79 Å². The molecule has 2 heterocycles. The van der Waals surface area contributed by atoms with Crippen LogP contribution in [0.5, 0.6) is 0 Å². The van der Waals surface area contributed by atoms with E-state index < -0.39 is 5.25 Å². The summed E-state index contributed by atoms with van der Waals surface area (Å²) < 4.78 is 15.3. The SMILES string of the molecule is CCCc1nnc2n1NC(c1ccc(F)cc1)C(C(=O)Nc1cc(C)cc(C)c1)S2. The first-order valence-electron chi connectivity index (χ1n) is 9.96. The number of carbonyl (C=O) groups is 1. The van der Waals surface area contributed by atoms with E-state index in [-0.39, 0.29) is 17.8 Å². The highest BCUT2D eigenvalue weighted by molar-refractivity contribution is 8.00. The number of carbonyl (C=O) groups excluding carboxylic acids is 1. The van der Waals surface area contributed by atoms with Gasteiger partial charge in [0.25, 0.3) is 0 Å². The minimum absolute atomic E-state index is 0.141. The number of fused-ring (bicyclic) bond motifs is 1. The Kier molecular flexibility index (Phi) is 5.76. The number of nitrogens with one attached hydrogen (secondary N) is 2. The summed E-state index contributed by atoms with van der Waals surface area (Å²) in [5.74, 6) is 0.369. The Bertz CT molecular complexity index is 1050. The number of halogens is 1. The third-order valence-corrected chi connectivity index (χ3v) is 6.17. The maximum Gasteiger partial charge on any atom is 0.240 e. The minimum atomic E-state index is -0.498. The molecule has 30 heavy (non-hydrogen) atoms. The Balaban J connectivity index is 1.67. The van der Waals surface area contributed by atoms with Gasteiger partial charge in [0.2, 0.25) is 11.1 Å². The van der Waals surface area contributed by atoms with E-state index in [1.54, 1.807) is 12.1 Å². The highest BCUT2D eigenvalue weighted by Crippen LogP contribution is 2.37. The van der Waals surface area contributed by atoms with E-state index in [4.69, 9.17) is 0 Å². The lowest BCUT2D eigenvalue weighted by Gasteiger charge is -2.33. The third kappa shape index (κ3) is 4.18. The number of hydrogen-bond donors (Lipinski definition) is 2. The van der Waals surface area contributed by atoms with Crippen molar-refractivity contribution in [3.05, 3.63) is 70.8 Å². The van der Waals surface area contributed by atoms with Crippen molar-refractivity contribution in [3.8, 4) is 0 Å². The topological polar surface area (TPSA) is 71.8 Å². The Labute approximate surface area is 179 Å². The number of hydrogen-bond acceptors (Lipinski definition) is 5. The molecule has 0 fully saturated rings. The molecule has 2 aromatic carbocycles. The zero-order valence-corrected chi connectivity index (χ0v) is 18.0. The van der Waals surface area contributed by atoms with E-state index in [1.165, 1.54) is 23.9 Å². The van der Waals surface area contributed by atoms with Crippen molar-refractivity contribution in [1.29, 1.82) is 0 Å². The quantitative estimate of drug-likeness (QED) is 0.635. The predicted octanol–water partition coefficient (Wildman–Crippen LogP) is 4.38. The first kappa shape index (κ1) is 20.4. The monoisotopic (exact) mass is 425 g/mol. The Morgan fingerprint density at radius 1 is 1.17 bits per heavy atom. The lowest BCUT2D eigenvalue weighted by Crippen LogP contribution is -2.41. The Morgan fingerprint density at radius 2 is 1.87 bits per heavy atom. The molecule has 0 saturated carbocycles. The summed E-state index contributed by atoms with van der Waals surface area (Å²) in [5, 5.41) is 11.7. The van der Waals surface area contributed by atoms with E-state index in [0.29, 0.717) is 5.16 Å². The van der Waals surface area contributed by atoms with Gasteiger partial charge in [-0.1, -0.05) is 36.9 Å². The standard InChI is InChI=1S/C22H24FN5OS/c1-4-5-18-25-26-22-28(18)27-19(15-6-8-16(23)9-7-15)20(30-22)21(29)24-17-11-13(2)10-14(3)12-17/h6-12,19-20,27H,4-5H2,1-3H3,(H,24,29). The molecule has 1 amide bonds. The van der Waals surface area contributed by atoms with Gasteiger partial charge in [-0.05, 0) is 61.2 Å². The first-order chi connectivity index (χ1) is 14.4. The normalized spacial score (nSPS) is 17.9. The average molecular weight is 426 g/mol. The number of aryl methyl sites for hydroxylation is 3. The van der Waals surface area contributed by atoms with Crippen molar-refractivity contribution in [2.24, 2.45) is 0 Å². The molecule has 2 unspecified atom stereocenters. The molecule has 1 aliphatic heterocycles. The minimum Gasteiger partial charge on any atom is -0.325 e. The van der Waals surface area contributed by atoms with Crippen LogP contribution in [0, 0.1) is 19.7 Å². The van der Waals surface area contributed by atoms with Crippen molar-refractivity contribution in [1.82, 2.24) is 14.9 Å². The van der Waals surface area contributed by atoms with Gasteiger partial charge >= 0.3 is 0 Å². The molecule has 8 heteroatoms. The number of anilines is 1. The Morgan fingerprint density at radius 3 is 2.53 bits per heavy atom. The molecule has 1 aliphatic rings. The van der Waals surface area contributed by atoms with Gasteiger partial charge in [-0.2, -0.15) is 0 Å². The Hall–Kier alpha value is -2.87. The van der Waals surface area contributed by atoms with Crippen LogP contribution in [-0.2, 0) is 11.2 Å². The van der Waals surface area contributed by atoms with Crippen LogP contribution in [0.2, 0.25) is 0 Å². The molecule has 1 aromatic heterocycles. The van der Waals surface area contributed by atoms with Crippen molar-refractivity contribution in [2.75, 3.05) is 10.7 Å². The molecule has 0 radical (unpaired) electrons. The van der Waals surface area contributed by atoms with Gasteiger partial charge in [0.05, 0.1) is 6.04 Å². The summed E-state index contributed by atoms with van der Waals surface area (Å²) in [7, 11) is 0. The second-order valence-corrected chi connectivity index (χ2v) is 8.66. The highest BCUT2D eigenvalue weighted by Gasteiger charge is 2.37. The number of rotatable bonds is 5. The number of amides is 1. The number of nitrogens with zero attached hydrogens (tertiary/aromatic N) is 3. The van der Waals surface area contributed by atoms with Crippen LogP contribution in [0.15, 0.2) is 47.6 Å². The van der Waals surface area contributed by atoms with E-state index in [0.717, 1.165) is 41.0 Å². The van der Waals surface area contributed by atoms with Gasteiger partial charge in [-0.15, -0.1) is 10.2 Å². The van der Waals surface area contributed by atoms with E-state index >= 15 is 0 Å². The van der Waals surface area contributed by atoms with E-state index in [9.17, 15) is 9.18 Å².